The standard InChI is InChI=1S/C48H48N3O10PS/c52-39-23-21-34(22-24-39)28-43(46(54)59-25-26-63-47(55)37-19-11-4-12-20-37)49-45(53)38(29-40-31-41(51-61-40)36-17-9-3-10-18-36)30-44(62(57)58)42(27-33-13-5-1-6-14-33)50-48(56)60-32-35-15-7-2-8-16-35/h1-24,31,38,42-44,52,62H,25-30,32H2,(H,49,53)(H,50,56)(H,57,58)/t38?,42-,43?,44?/m1/s1. The van der Waals surface area contributed by atoms with Crippen LogP contribution in [0.4, 0.5) is 4.79 Å². The van der Waals surface area contributed by atoms with Gasteiger partial charge in [-0.05, 0) is 41.7 Å². The fraction of sp³-hybridized carbons (Fsp3) is 0.229. The molecule has 0 spiro atoms. The van der Waals surface area contributed by atoms with E-state index in [1.54, 1.807) is 60.7 Å². The lowest BCUT2D eigenvalue weighted by molar-refractivity contribution is -0.147. The second-order valence-corrected chi connectivity index (χ2v) is 17.2. The van der Waals surface area contributed by atoms with Crippen LogP contribution in [-0.4, -0.2) is 68.3 Å². The third kappa shape index (κ3) is 14.6. The Morgan fingerprint density at radius 2 is 1.32 bits per heavy atom. The molecule has 0 aliphatic carbocycles. The number of phenols is 1. The fourth-order valence-electron chi connectivity index (χ4n) is 6.89. The largest absolute Gasteiger partial charge is 0.508 e. The van der Waals surface area contributed by atoms with Gasteiger partial charge < -0.3 is 34.6 Å². The van der Waals surface area contributed by atoms with Crippen LogP contribution in [0.2, 0.25) is 0 Å². The zero-order chi connectivity index (χ0) is 44.4. The lowest BCUT2D eigenvalue weighted by atomic mass is 9.91. The number of esters is 1. The minimum absolute atomic E-state index is 0.0110. The molecule has 0 bridgehead atoms. The molecule has 13 nitrogen and oxygen atoms in total. The first-order valence-corrected chi connectivity index (χ1v) is 22.7. The van der Waals surface area contributed by atoms with Crippen LogP contribution < -0.4 is 10.6 Å². The molecule has 6 aromatic rings. The van der Waals surface area contributed by atoms with E-state index in [2.05, 4.69) is 15.8 Å². The summed E-state index contributed by atoms with van der Waals surface area (Å²) in [6, 6.07) is 41.8. The van der Waals surface area contributed by atoms with Crippen molar-refractivity contribution < 1.29 is 47.7 Å². The zero-order valence-electron chi connectivity index (χ0n) is 34.2. The van der Waals surface area contributed by atoms with Crippen molar-refractivity contribution in [2.75, 3.05) is 12.4 Å². The number of hydrogen-bond acceptors (Lipinski definition) is 11. The first-order valence-electron chi connectivity index (χ1n) is 20.3. The number of alkyl carbamates (subject to hydrolysis) is 1. The van der Waals surface area contributed by atoms with Gasteiger partial charge in [0.1, 0.15) is 36.5 Å². The van der Waals surface area contributed by atoms with Gasteiger partial charge in [-0.1, -0.05) is 150 Å². The van der Waals surface area contributed by atoms with E-state index in [1.165, 1.54) is 12.1 Å². The molecule has 2 amide bonds. The molecular weight excluding hydrogens is 842 g/mol. The Hall–Kier alpha value is -6.47. The first-order chi connectivity index (χ1) is 30.6. The van der Waals surface area contributed by atoms with Gasteiger partial charge >= 0.3 is 12.1 Å². The van der Waals surface area contributed by atoms with Gasteiger partial charge in [0.2, 0.25) is 11.0 Å². The van der Waals surface area contributed by atoms with Crippen LogP contribution >= 0.6 is 19.8 Å². The second-order valence-electron chi connectivity index (χ2n) is 14.7. The summed E-state index contributed by atoms with van der Waals surface area (Å²) in [6.07, 6.45) is -1.01. The molecule has 0 radical (unpaired) electrons. The van der Waals surface area contributed by atoms with Crippen molar-refractivity contribution in [3.05, 3.63) is 180 Å². The van der Waals surface area contributed by atoms with E-state index in [0.717, 1.165) is 28.5 Å². The van der Waals surface area contributed by atoms with E-state index < -0.39 is 49.7 Å². The smallest absolute Gasteiger partial charge is 0.407 e. The molecule has 1 heterocycles. The molecule has 0 aliphatic heterocycles. The number of carbonyl (C=O) groups excluding carboxylic acids is 4. The summed E-state index contributed by atoms with van der Waals surface area (Å²) in [5.41, 5.74) is 2.75. The number of phenolic OH excluding ortho intramolecular Hbond substituents is 1. The summed E-state index contributed by atoms with van der Waals surface area (Å²) in [7, 11) is -3.49. The Labute approximate surface area is 370 Å². The van der Waals surface area contributed by atoms with Crippen LogP contribution in [0.25, 0.3) is 11.3 Å². The lowest BCUT2D eigenvalue weighted by Crippen LogP contribution is -2.49. The highest BCUT2D eigenvalue weighted by atomic mass is 32.2. The van der Waals surface area contributed by atoms with E-state index in [1.807, 2.05) is 78.9 Å². The Kier molecular flexibility index (Phi) is 17.3. The van der Waals surface area contributed by atoms with Gasteiger partial charge in [-0.25, -0.2) is 9.59 Å². The molecule has 6 rings (SSSR count). The molecule has 0 saturated heterocycles. The minimum atomic E-state index is -3.49. The van der Waals surface area contributed by atoms with Crippen molar-refractivity contribution in [2.45, 2.75) is 50.0 Å². The summed E-state index contributed by atoms with van der Waals surface area (Å²) in [5, 5.41) is 19.6. The molecule has 0 aliphatic rings. The van der Waals surface area contributed by atoms with Crippen LogP contribution in [0, 0.1) is 5.92 Å². The van der Waals surface area contributed by atoms with E-state index in [4.69, 9.17) is 14.0 Å². The molecule has 5 aromatic carbocycles. The number of rotatable bonds is 21. The van der Waals surface area contributed by atoms with Crippen molar-refractivity contribution in [2.24, 2.45) is 5.92 Å². The third-order valence-electron chi connectivity index (χ3n) is 10.2. The molecule has 4 N–H and O–H groups in total. The summed E-state index contributed by atoms with van der Waals surface area (Å²) in [4.78, 5) is 65.4. The van der Waals surface area contributed by atoms with Crippen LogP contribution in [-0.2, 0) is 49.5 Å². The number of hydrogen-bond donors (Lipinski definition) is 4. The molecule has 63 heavy (non-hydrogen) atoms. The van der Waals surface area contributed by atoms with Gasteiger partial charge in [0.25, 0.3) is 0 Å². The van der Waals surface area contributed by atoms with Gasteiger partial charge in [0.15, 0.2) is 8.03 Å². The molecule has 5 atom stereocenters. The van der Waals surface area contributed by atoms with Crippen LogP contribution in [0.15, 0.2) is 156 Å². The Bertz CT molecular complexity index is 2410. The van der Waals surface area contributed by atoms with E-state index in [9.17, 15) is 33.7 Å². The highest BCUT2D eigenvalue weighted by Crippen LogP contribution is 2.35. The number of nitrogens with zero attached hydrogens (tertiary/aromatic N) is 1. The average Bonchev–Trinajstić information content (AvgIpc) is 3.78. The minimum Gasteiger partial charge on any atom is -0.508 e. The topological polar surface area (TPSA) is 194 Å². The maximum atomic E-state index is 14.6. The zero-order valence-corrected chi connectivity index (χ0v) is 36.0. The number of nitrogens with one attached hydrogen (secondary N) is 2. The van der Waals surface area contributed by atoms with Crippen molar-refractivity contribution >= 4 is 42.9 Å². The molecule has 326 valence electrons. The number of thioether (sulfide) groups is 1. The van der Waals surface area contributed by atoms with Gasteiger partial charge in [-0.3, -0.25) is 14.2 Å². The SMILES string of the molecule is O=C(N[C@H](Cc1ccccc1)C(CC(Cc1cc(-c2ccccc2)no1)C(=O)NC(Cc1ccc(O)cc1)C(=O)OCCSC(=O)c1ccccc1)[PH](=O)O)OCc1ccccc1. The van der Waals surface area contributed by atoms with E-state index in [-0.39, 0.29) is 55.5 Å². The van der Waals surface area contributed by atoms with Gasteiger partial charge in [-0.2, -0.15) is 0 Å². The normalized spacial score (nSPS) is 13.4. The Balaban J connectivity index is 1.25. The Morgan fingerprint density at radius 1 is 0.714 bits per heavy atom. The number of amides is 2. The highest BCUT2D eigenvalue weighted by Gasteiger charge is 2.36. The fourth-order valence-corrected chi connectivity index (χ4v) is 8.57. The molecular formula is C48H48N3O10PS. The molecule has 1 aromatic heterocycles. The van der Waals surface area contributed by atoms with Crippen molar-refractivity contribution in [1.29, 1.82) is 0 Å². The predicted molar refractivity (Wildman–Crippen MR) is 240 cm³/mol. The van der Waals surface area contributed by atoms with Crippen LogP contribution in [0.5, 0.6) is 5.75 Å². The van der Waals surface area contributed by atoms with Crippen LogP contribution in [0.3, 0.4) is 0 Å². The van der Waals surface area contributed by atoms with Gasteiger partial charge in [0.05, 0.1) is 5.66 Å². The summed E-state index contributed by atoms with van der Waals surface area (Å²) >= 11 is 0.991. The summed E-state index contributed by atoms with van der Waals surface area (Å²) in [6.45, 7) is -0.167. The summed E-state index contributed by atoms with van der Waals surface area (Å²) in [5.74, 6) is -2.05. The monoisotopic (exact) mass is 889 g/mol. The number of carbonyl (C=O) groups is 4. The summed E-state index contributed by atoms with van der Waals surface area (Å²) < 4.78 is 30.3. The van der Waals surface area contributed by atoms with Crippen molar-refractivity contribution in [3.8, 4) is 17.0 Å². The van der Waals surface area contributed by atoms with Crippen LogP contribution in [0.1, 0.15) is 39.2 Å². The van der Waals surface area contributed by atoms with E-state index in [0.29, 0.717) is 22.6 Å². The van der Waals surface area contributed by atoms with E-state index >= 15 is 0 Å². The van der Waals surface area contributed by atoms with Crippen molar-refractivity contribution in [3.63, 3.8) is 0 Å². The first kappa shape index (κ1) is 46.0. The number of aromatic hydroxyl groups is 1. The average molecular weight is 890 g/mol. The molecule has 4 unspecified atom stereocenters. The third-order valence-corrected chi connectivity index (χ3v) is 12.3. The highest BCUT2D eigenvalue weighted by molar-refractivity contribution is 8.14. The van der Waals surface area contributed by atoms with Gasteiger partial charge in [-0.15, -0.1) is 0 Å². The second kappa shape index (κ2) is 23.7. The Morgan fingerprint density at radius 3 is 1.97 bits per heavy atom. The maximum absolute atomic E-state index is 14.6. The number of benzene rings is 5. The quantitative estimate of drug-likeness (QED) is 0.0312. The molecule has 0 fully saturated rings. The molecule has 0 saturated carbocycles. The molecule has 15 heteroatoms. The number of ether oxygens (including phenoxy) is 2. The number of aromatic nitrogens is 1. The van der Waals surface area contributed by atoms with Crippen molar-refractivity contribution in [1.82, 2.24) is 15.8 Å². The maximum Gasteiger partial charge on any atom is 0.407 e. The van der Waals surface area contributed by atoms with Gasteiger partial charge in [0, 0.05) is 47.7 Å². The lowest BCUT2D eigenvalue weighted by Gasteiger charge is -2.29. The predicted octanol–water partition coefficient (Wildman–Crippen LogP) is 7.81.